The van der Waals surface area contributed by atoms with Gasteiger partial charge in [0.1, 0.15) is 18.0 Å². The maximum Gasteiger partial charge on any atom is 0.166 e. The highest BCUT2D eigenvalue weighted by Crippen LogP contribution is 2.22. The van der Waals surface area contributed by atoms with Crippen LogP contribution in [0.1, 0.15) is 11.1 Å². The molecule has 6 nitrogen and oxygen atoms in total. The van der Waals surface area contributed by atoms with Crippen LogP contribution in [0.2, 0.25) is 0 Å². The molecule has 22 heavy (non-hydrogen) atoms. The lowest BCUT2D eigenvalue weighted by Crippen LogP contribution is -2.18. The van der Waals surface area contributed by atoms with E-state index >= 15 is 0 Å². The van der Waals surface area contributed by atoms with E-state index in [2.05, 4.69) is 21.0 Å². The Labute approximate surface area is 127 Å². The van der Waals surface area contributed by atoms with Gasteiger partial charge in [0, 0.05) is 13.6 Å². The molecule has 0 fully saturated rings. The number of nitrogen functional groups attached to an aromatic ring is 1. The minimum absolute atomic E-state index is 0.437. The standard InChI is InChI=1S/C16H14N6/c1-22(9-12-4-2-11(8-17)3-5-12)16-13-6-7-14(18)21-15(13)19-10-20-16/h2-7,10H,9H2,1H3,(H2,18,19,20,21). The van der Waals surface area contributed by atoms with Crippen LogP contribution in [0.15, 0.2) is 42.7 Å². The van der Waals surface area contributed by atoms with Gasteiger partial charge in [0.15, 0.2) is 5.65 Å². The summed E-state index contributed by atoms with van der Waals surface area (Å²) in [5, 5.41) is 9.69. The average Bonchev–Trinajstić information content (AvgIpc) is 2.54. The van der Waals surface area contributed by atoms with Gasteiger partial charge in [-0.1, -0.05) is 12.1 Å². The Hall–Kier alpha value is -3.20. The van der Waals surface area contributed by atoms with E-state index in [0.717, 1.165) is 16.8 Å². The van der Waals surface area contributed by atoms with Crippen LogP contribution >= 0.6 is 0 Å². The van der Waals surface area contributed by atoms with E-state index in [1.165, 1.54) is 6.33 Å². The number of anilines is 2. The van der Waals surface area contributed by atoms with Gasteiger partial charge in [0.25, 0.3) is 0 Å². The number of rotatable bonds is 3. The first-order valence-electron chi connectivity index (χ1n) is 6.75. The van der Waals surface area contributed by atoms with Crippen LogP contribution in [0, 0.1) is 11.3 Å². The third kappa shape index (κ3) is 2.65. The lowest BCUT2D eigenvalue weighted by molar-refractivity contribution is 0.899. The van der Waals surface area contributed by atoms with E-state index in [9.17, 15) is 0 Å². The van der Waals surface area contributed by atoms with E-state index in [0.29, 0.717) is 23.6 Å². The Kier molecular flexibility index (Phi) is 3.54. The van der Waals surface area contributed by atoms with Crippen LogP contribution in [0.3, 0.4) is 0 Å². The first-order valence-corrected chi connectivity index (χ1v) is 6.75. The average molecular weight is 290 g/mol. The topological polar surface area (TPSA) is 91.7 Å². The summed E-state index contributed by atoms with van der Waals surface area (Å²) in [6.07, 6.45) is 1.49. The molecule has 0 spiro atoms. The van der Waals surface area contributed by atoms with Gasteiger partial charge in [-0.25, -0.2) is 15.0 Å². The first-order chi connectivity index (χ1) is 10.7. The smallest absolute Gasteiger partial charge is 0.166 e. The number of nitriles is 1. The summed E-state index contributed by atoms with van der Waals surface area (Å²) in [4.78, 5) is 14.7. The van der Waals surface area contributed by atoms with Crippen molar-refractivity contribution in [1.82, 2.24) is 15.0 Å². The molecule has 108 valence electrons. The van der Waals surface area contributed by atoms with Crippen molar-refractivity contribution in [2.45, 2.75) is 6.54 Å². The van der Waals surface area contributed by atoms with Crippen LogP contribution in [0.25, 0.3) is 11.0 Å². The normalized spacial score (nSPS) is 10.4. The van der Waals surface area contributed by atoms with Gasteiger partial charge >= 0.3 is 0 Å². The lowest BCUT2D eigenvalue weighted by atomic mass is 10.1. The van der Waals surface area contributed by atoms with Crippen LogP contribution < -0.4 is 10.6 Å². The molecule has 0 atom stereocenters. The molecule has 6 heteroatoms. The van der Waals surface area contributed by atoms with Crippen molar-refractivity contribution in [2.75, 3.05) is 17.7 Å². The van der Waals surface area contributed by atoms with Crippen LogP contribution in [0.4, 0.5) is 11.6 Å². The summed E-state index contributed by atoms with van der Waals surface area (Å²) in [6, 6.07) is 13.2. The van der Waals surface area contributed by atoms with Crippen molar-refractivity contribution in [3.63, 3.8) is 0 Å². The van der Waals surface area contributed by atoms with Gasteiger partial charge in [0.2, 0.25) is 0 Å². The predicted octanol–water partition coefficient (Wildman–Crippen LogP) is 2.12. The van der Waals surface area contributed by atoms with Gasteiger partial charge in [-0.3, -0.25) is 0 Å². The third-order valence-electron chi connectivity index (χ3n) is 3.36. The monoisotopic (exact) mass is 290 g/mol. The zero-order valence-corrected chi connectivity index (χ0v) is 12.1. The Balaban J connectivity index is 1.91. The fraction of sp³-hybridized carbons (Fsp3) is 0.125. The molecule has 3 rings (SSSR count). The summed E-state index contributed by atoms with van der Waals surface area (Å²) in [6.45, 7) is 0.669. The van der Waals surface area contributed by atoms with Crippen LogP contribution in [-0.2, 0) is 6.54 Å². The van der Waals surface area contributed by atoms with E-state index in [1.807, 2.05) is 42.3 Å². The van der Waals surface area contributed by atoms with E-state index in [1.54, 1.807) is 6.07 Å². The van der Waals surface area contributed by atoms with Crippen molar-refractivity contribution in [3.05, 3.63) is 53.9 Å². The minimum atomic E-state index is 0.437. The molecule has 3 aromatic rings. The molecule has 2 heterocycles. The van der Waals surface area contributed by atoms with E-state index in [-0.39, 0.29) is 0 Å². The van der Waals surface area contributed by atoms with Gasteiger partial charge in [-0.2, -0.15) is 5.26 Å². The number of nitrogens with two attached hydrogens (primary N) is 1. The molecule has 1 aromatic carbocycles. The maximum atomic E-state index is 8.83. The highest BCUT2D eigenvalue weighted by atomic mass is 15.2. The van der Waals surface area contributed by atoms with E-state index < -0.39 is 0 Å². The number of pyridine rings is 1. The van der Waals surface area contributed by atoms with Gasteiger partial charge in [-0.15, -0.1) is 0 Å². The second kappa shape index (κ2) is 5.66. The van der Waals surface area contributed by atoms with Gasteiger partial charge in [-0.05, 0) is 29.8 Å². The van der Waals surface area contributed by atoms with Crippen molar-refractivity contribution in [2.24, 2.45) is 0 Å². The summed E-state index contributed by atoms with van der Waals surface area (Å²) in [5.74, 6) is 1.23. The van der Waals surface area contributed by atoms with Crippen molar-refractivity contribution < 1.29 is 0 Å². The number of aromatic nitrogens is 3. The molecule has 0 bridgehead atoms. The second-order valence-corrected chi connectivity index (χ2v) is 4.97. The zero-order chi connectivity index (χ0) is 15.5. The zero-order valence-electron chi connectivity index (χ0n) is 12.1. The van der Waals surface area contributed by atoms with E-state index in [4.69, 9.17) is 11.0 Å². The van der Waals surface area contributed by atoms with Crippen LogP contribution in [0.5, 0.6) is 0 Å². The number of hydrogen-bond donors (Lipinski definition) is 1. The van der Waals surface area contributed by atoms with Crippen molar-refractivity contribution in [1.29, 1.82) is 5.26 Å². The molecule has 2 aromatic heterocycles. The molecule has 0 unspecified atom stereocenters. The summed E-state index contributed by atoms with van der Waals surface area (Å²) in [5.41, 5.74) is 8.02. The van der Waals surface area contributed by atoms with Crippen molar-refractivity contribution >= 4 is 22.7 Å². The Morgan fingerprint density at radius 2 is 1.91 bits per heavy atom. The molecular formula is C16H14N6. The molecule has 0 radical (unpaired) electrons. The maximum absolute atomic E-state index is 8.83. The minimum Gasteiger partial charge on any atom is -0.384 e. The fourth-order valence-electron chi connectivity index (χ4n) is 2.28. The number of hydrogen-bond acceptors (Lipinski definition) is 6. The molecule has 0 saturated heterocycles. The third-order valence-corrected chi connectivity index (χ3v) is 3.36. The number of nitrogens with zero attached hydrogens (tertiary/aromatic N) is 5. The Bertz CT molecular complexity index is 851. The highest BCUT2D eigenvalue weighted by molar-refractivity contribution is 5.87. The van der Waals surface area contributed by atoms with Crippen molar-refractivity contribution in [3.8, 4) is 6.07 Å². The molecule has 0 amide bonds. The summed E-state index contributed by atoms with van der Waals surface area (Å²) < 4.78 is 0. The molecule has 0 saturated carbocycles. The lowest BCUT2D eigenvalue weighted by Gasteiger charge is -2.19. The number of benzene rings is 1. The fourth-order valence-corrected chi connectivity index (χ4v) is 2.28. The number of fused-ring (bicyclic) bond motifs is 1. The quantitative estimate of drug-likeness (QED) is 0.794. The Morgan fingerprint density at radius 3 is 2.64 bits per heavy atom. The van der Waals surface area contributed by atoms with Gasteiger partial charge < -0.3 is 10.6 Å². The molecule has 0 aliphatic heterocycles. The molecule has 0 aliphatic carbocycles. The summed E-state index contributed by atoms with van der Waals surface area (Å²) >= 11 is 0. The Morgan fingerprint density at radius 1 is 1.14 bits per heavy atom. The first kappa shape index (κ1) is 13.8. The second-order valence-electron chi connectivity index (χ2n) is 4.97. The van der Waals surface area contributed by atoms with Gasteiger partial charge in [0.05, 0.1) is 17.0 Å². The predicted molar refractivity (Wildman–Crippen MR) is 85.0 cm³/mol. The largest absolute Gasteiger partial charge is 0.384 e. The molecule has 0 aliphatic rings. The molecular weight excluding hydrogens is 276 g/mol. The SMILES string of the molecule is CN(Cc1ccc(C#N)cc1)c1ncnc2nc(N)ccc12. The highest BCUT2D eigenvalue weighted by Gasteiger charge is 2.10. The molecule has 2 N–H and O–H groups in total. The van der Waals surface area contributed by atoms with Crippen LogP contribution in [-0.4, -0.2) is 22.0 Å². The summed E-state index contributed by atoms with van der Waals surface area (Å²) in [7, 11) is 1.95.